The summed E-state index contributed by atoms with van der Waals surface area (Å²) in [4.78, 5) is 60.6. The molecule has 3 fully saturated rings. The third-order valence-corrected chi connectivity index (χ3v) is 13.5. The summed E-state index contributed by atoms with van der Waals surface area (Å²) in [6, 6.07) is 2.91. The van der Waals surface area contributed by atoms with E-state index in [-0.39, 0.29) is 37.8 Å². The van der Waals surface area contributed by atoms with Crippen LogP contribution in [0.2, 0.25) is 0 Å². The molecular formula is C38H51N5O11S. The number of rotatable bonds is 11. The van der Waals surface area contributed by atoms with E-state index in [0.717, 1.165) is 6.42 Å². The highest BCUT2D eigenvalue weighted by atomic mass is 32.2. The Morgan fingerprint density at radius 3 is 2.56 bits per heavy atom. The second-order valence-electron chi connectivity index (χ2n) is 15.6. The number of amides is 4. The van der Waals surface area contributed by atoms with E-state index < -0.39 is 74.1 Å². The number of methoxy groups -OCH3 is 2. The standard InChI is InChI=1S/C38H51N5O11S/c1-22-8-6-7-9-24-19-38(24,35(46)42-55(49,50)37(3)12-13-37)41-32(44)29-18-26(21-43(29)34(45)31(23(2)16-22)40-36(47)48)54-33-27-11-10-25(52-5)17-28(27)30(20-39-33)53-15-14-51-4/h7,9-11,17,20,22-24,26,29,31,40H,6,8,12-16,18-19,21H2,1-5H3,(H,41,44)(H,42,46)(H,47,48)/t22-,23-,24-,26-,29+,31+,38-/m1/s1. The molecule has 4 N–H and O–H groups in total. The van der Waals surface area contributed by atoms with Gasteiger partial charge in [-0.2, -0.15) is 0 Å². The van der Waals surface area contributed by atoms with Crippen LogP contribution in [-0.2, 0) is 29.1 Å². The Bertz CT molecular complexity index is 1950. The van der Waals surface area contributed by atoms with Crippen molar-refractivity contribution in [3.05, 3.63) is 36.5 Å². The van der Waals surface area contributed by atoms with Gasteiger partial charge in [-0.25, -0.2) is 18.2 Å². The molecule has 0 radical (unpaired) electrons. The number of nitrogens with zero attached hydrogens (tertiary/aromatic N) is 2. The van der Waals surface area contributed by atoms with Gasteiger partial charge in [0.2, 0.25) is 27.7 Å². The van der Waals surface area contributed by atoms with Crippen LogP contribution in [0.15, 0.2) is 36.5 Å². The molecule has 2 aliphatic carbocycles. The van der Waals surface area contributed by atoms with Gasteiger partial charge in [0.25, 0.3) is 5.91 Å². The third-order valence-electron chi connectivity index (χ3n) is 11.4. The molecule has 4 aliphatic rings. The number of sulfonamides is 1. The Morgan fingerprint density at radius 1 is 1.11 bits per heavy atom. The summed E-state index contributed by atoms with van der Waals surface area (Å²) in [6.07, 6.45) is 5.98. The van der Waals surface area contributed by atoms with Crippen molar-refractivity contribution in [3.63, 3.8) is 0 Å². The molecule has 4 amide bonds. The number of benzene rings is 1. The average Bonchev–Trinajstić information content (AvgIpc) is 4.02. The zero-order valence-electron chi connectivity index (χ0n) is 31.8. The van der Waals surface area contributed by atoms with E-state index in [1.807, 2.05) is 19.1 Å². The van der Waals surface area contributed by atoms with E-state index in [1.165, 1.54) is 11.1 Å². The van der Waals surface area contributed by atoms with Gasteiger partial charge < -0.3 is 39.6 Å². The maximum atomic E-state index is 14.5. The normalized spacial score (nSPS) is 29.1. The lowest BCUT2D eigenvalue weighted by Crippen LogP contribution is -2.59. The monoisotopic (exact) mass is 785 g/mol. The van der Waals surface area contributed by atoms with Gasteiger partial charge >= 0.3 is 6.09 Å². The topological polar surface area (TPSA) is 212 Å². The average molecular weight is 786 g/mol. The molecule has 1 saturated heterocycles. The Labute approximate surface area is 320 Å². The van der Waals surface area contributed by atoms with Gasteiger partial charge in [-0.3, -0.25) is 19.1 Å². The largest absolute Gasteiger partial charge is 0.497 e. The first kappa shape index (κ1) is 40.0. The van der Waals surface area contributed by atoms with Crippen molar-refractivity contribution < 1.29 is 51.6 Å². The molecule has 7 atom stereocenters. The Balaban J connectivity index is 1.34. The van der Waals surface area contributed by atoms with Crippen LogP contribution in [0.3, 0.4) is 0 Å². The van der Waals surface area contributed by atoms with Crippen molar-refractivity contribution in [2.24, 2.45) is 17.8 Å². The summed E-state index contributed by atoms with van der Waals surface area (Å²) in [6.45, 7) is 5.92. The molecule has 300 valence electrons. The number of pyridine rings is 1. The Hall–Kier alpha value is -4.64. The lowest BCUT2D eigenvalue weighted by atomic mass is 9.88. The minimum absolute atomic E-state index is 0.0257. The number of carbonyl (C=O) groups excluding carboxylic acids is 3. The fourth-order valence-corrected chi connectivity index (χ4v) is 8.94. The molecule has 1 aromatic carbocycles. The number of aromatic nitrogens is 1. The number of carboxylic acid groups (broad SMARTS) is 1. The molecule has 2 aliphatic heterocycles. The Kier molecular flexibility index (Phi) is 11.5. The number of hydrogen-bond acceptors (Lipinski definition) is 11. The van der Waals surface area contributed by atoms with Crippen molar-refractivity contribution in [1.29, 1.82) is 0 Å². The van der Waals surface area contributed by atoms with Crippen LogP contribution in [-0.4, -0.2) is 110 Å². The second-order valence-corrected chi connectivity index (χ2v) is 17.8. The summed E-state index contributed by atoms with van der Waals surface area (Å²) >= 11 is 0. The quantitative estimate of drug-likeness (QED) is 0.191. The Morgan fingerprint density at radius 2 is 1.87 bits per heavy atom. The molecule has 6 rings (SSSR count). The van der Waals surface area contributed by atoms with E-state index >= 15 is 0 Å². The minimum atomic E-state index is -4.02. The molecule has 55 heavy (non-hydrogen) atoms. The summed E-state index contributed by atoms with van der Waals surface area (Å²) in [5.41, 5.74) is -1.56. The van der Waals surface area contributed by atoms with Crippen LogP contribution >= 0.6 is 0 Å². The lowest BCUT2D eigenvalue weighted by molar-refractivity contribution is -0.142. The van der Waals surface area contributed by atoms with Crippen LogP contribution in [0.1, 0.15) is 65.7 Å². The predicted molar refractivity (Wildman–Crippen MR) is 200 cm³/mol. The van der Waals surface area contributed by atoms with Gasteiger partial charge in [-0.1, -0.05) is 26.0 Å². The molecule has 2 saturated carbocycles. The van der Waals surface area contributed by atoms with Crippen molar-refractivity contribution >= 4 is 44.6 Å². The summed E-state index contributed by atoms with van der Waals surface area (Å²) in [7, 11) is -0.910. The molecule has 1 aromatic heterocycles. The SMILES string of the molecule is COCCOc1cnc(O[C@@H]2C[C@H]3C(=O)N[C@]4(C(=O)NS(=O)(=O)C5(C)CC5)C[C@H]4C=CCC[C@@H](C)C[C@@H](C)[C@H](NC(=O)O)C(=O)N3C2)c2ccc(OC)cc12. The number of hydrogen-bond donors (Lipinski definition) is 4. The molecule has 0 spiro atoms. The first-order valence-electron chi connectivity index (χ1n) is 18.7. The lowest BCUT2D eigenvalue weighted by Gasteiger charge is -2.32. The molecule has 0 bridgehead atoms. The van der Waals surface area contributed by atoms with Crippen LogP contribution in [0.5, 0.6) is 17.4 Å². The molecular weight excluding hydrogens is 735 g/mol. The number of nitrogens with one attached hydrogen (secondary N) is 3. The van der Waals surface area contributed by atoms with Crippen molar-refractivity contribution in [2.75, 3.05) is 34.0 Å². The first-order chi connectivity index (χ1) is 26.1. The van der Waals surface area contributed by atoms with Gasteiger partial charge in [-0.05, 0) is 75.5 Å². The maximum Gasteiger partial charge on any atom is 0.405 e. The van der Waals surface area contributed by atoms with Crippen LogP contribution < -0.4 is 29.6 Å². The third kappa shape index (κ3) is 8.47. The summed E-state index contributed by atoms with van der Waals surface area (Å²) in [5.74, 6) is -1.68. The van der Waals surface area contributed by atoms with Gasteiger partial charge in [0.1, 0.15) is 41.8 Å². The summed E-state index contributed by atoms with van der Waals surface area (Å²) < 4.78 is 50.4. The smallest absolute Gasteiger partial charge is 0.405 e. The number of allylic oxidation sites excluding steroid dienone is 1. The first-order valence-corrected chi connectivity index (χ1v) is 20.2. The van der Waals surface area contributed by atoms with Crippen molar-refractivity contribution in [2.45, 2.75) is 94.2 Å². The highest BCUT2D eigenvalue weighted by Gasteiger charge is 2.63. The predicted octanol–water partition coefficient (Wildman–Crippen LogP) is 3.14. The number of carbonyl (C=O) groups is 4. The number of ether oxygens (including phenoxy) is 4. The van der Waals surface area contributed by atoms with Gasteiger partial charge in [-0.15, -0.1) is 0 Å². The van der Waals surface area contributed by atoms with E-state index in [2.05, 4.69) is 20.3 Å². The fourth-order valence-electron chi connectivity index (χ4n) is 7.63. The highest BCUT2D eigenvalue weighted by Crippen LogP contribution is 2.48. The second kappa shape index (κ2) is 15.8. The minimum Gasteiger partial charge on any atom is -0.497 e. The molecule has 16 nitrogen and oxygen atoms in total. The molecule has 3 heterocycles. The van der Waals surface area contributed by atoms with E-state index in [9.17, 15) is 32.7 Å². The van der Waals surface area contributed by atoms with Crippen LogP contribution in [0.4, 0.5) is 4.79 Å². The van der Waals surface area contributed by atoms with E-state index in [1.54, 1.807) is 46.3 Å². The van der Waals surface area contributed by atoms with Crippen molar-refractivity contribution in [3.8, 4) is 17.4 Å². The van der Waals surface area contributed by atoms with Crippen LogP contribution in [0, 0.1) is 17.8 Å². The molecule has 17 heteroatoms. The van der Waals surface area contributed by atoms with Gasteiger partial charge in [0.15, 0.2) is 0 Å². The van der Waals surface area contributed by atoms with Crippen LogP contribution in [0.25, 0.3) is 10.8 Å². The molecule has 0 unspecified atom stereocenters. The molecule has 2 aromatic rings. The zero-order chi connectivity index (χ0) is 39.7. The maximum absolute atomic E-state index is 14.5. The number of fused-ring (bicyclic) bond motifs is 3. The highest BCUT2D eigenvalue weighted by molar-refractivity contribution is 7.91. The van der Waals surface area contributed by atoms with E-state index in [4.69, 9.17) is 18.9 Å². The fraction of sp³-hybridized carbons (Fsp3) is 0.605. The van der Waals surface area contributed by atoms with Crippen molar-refractivity contribution in [1.82, 2.24) is 25.2 Å². The van der Waals surface area contributed by atoms with E-state index in [0.29, 0.717) is 54.6 Å². The zero-order valence-corrected chi connectivity index (χ0v) is 32.6. The van der Waals surface area contributed by atoms with Gasteiger partial charge in [0, 0.05) is 30.2 Å². The van der Waals surface area contributed by atoms with Gasteiger partial charge in [0.05, 0.1) is 31.2 Å². The summed E-state index contributed by atoms with van der Waals surface area (Å²) in [5, 5.41) is 16.3.